The first-order valence-corrected chi connectivity index (χ1v) is 12.6. The maximum Gasteiger partial charge on any atom is 0.173 e. The zero-order chi connectivity index (χ0) is 23.0. The molecule has 0 spiro atoms. The number of hydrogen-bond donors (Lipinski definition) is 1. The van der Waals surface area contributed by atoms with Crippen molar-refractivity contribution in [1.82, 2.24) is 24.6 Å². The van der Waals surface area contributed by atoms with Gasteiger partial charge in [0, 0.05) is 53.2 Å². The van der Waals surface area contributed by atoms with Gasteiger partial charge in [-0.3, -0.25) is 4.98 Å². The van der Waals surface area contributed by atoms with Crippen LogP contribution in [0.4, 0.5) is 4.39 Å². The summed E-state index contributed by atoms with van der Waals surface area (Å²) >= 11 is 1.81. The van der Waals surface area contributed by atoms with Crippen LogP contribution in [0.1, 0.15) is 50.8 Å². The summed E-state index contributed by atoms with van der Waals surface area (Å²) < 4.78 is 16.4. The van der Waals surface area contributed by atoms with Gasteiger partial charge in [0.05, 0.1) is 16.4 Å². The van der Waals surface area contributed by atoms with Crippen molar-refractivity contribution in [2.24, 2.45) is 0 Å². The van der Waals surface area contributed by atoms with Crippen molar-refractivity contribution in [3.63, 3.8) is 0 Å². The molecule has 2 unspecified atom stereocenters. The molecule has 3 aliphatic rings. The molecule has 3 aromatic rings. The summed E-state index contributed by atoms with van der Waals surface area (Å²) in [7, 11) is 2.25. The lowest BCUT2D eigenvalue weighted by Gasteiger charge is -2.46. The summed E-state index contributed by atoms with van der Waals surface area (Å²) in [6, 6.07) is 4.19. The van der Waals surface area contributed by atoms with Crippen molar-refractivity contribution in [2.45, 2.75) is 74.9 Å². The Kier molecular flexibility index (Phi) is 4.69. The molecule has 7 heteroatoms. The molecule has 0 radical (unpaired) electrons. The number of hydrogen-bond acceptors (Lipinski definition) is 5. The number of imidazole rings is 1. The fourth-order valence-electron chi connectivity index (χ4n) is 6.04. The fourth-order valence-corrected chi connectivity index (χ4v) is 7.16. The maximum atomic E-state index is 14.7. The van der Waals surface area contributed by atoms with E-state index in [1.54, 1.807) is 10.5 Å². The molecule has 1 N–H and O–H groups in total. The largest absolute Gasteiger partial charge is 0.366 e. The average molecular weight is 464 g/mol. The summed E-state index contributed by atoms with van der Waals surface area (Å²) in [5.41, 5.74) is 4.42. The SMILES string of the molecule is Cc1cn2cc(-c3cc4c(cn3)CC=C(N(C)C3CC5(C)CCC(C)(C3)N5)S4)cc(F)c2n1. The molecule has 2 fully saturated rings. The quantitative estimate of drug-likeness (QED) is 0.569. The van der Waals surface area contributed by atoms with Crippen LogP contribution in [0.15, 0.2) is 46.7 Å². The van der Waals surface area contributed by atoms with Gasteiger partial charge in [0.25, 0.3) is 0 Å². The van der Waals surface area contributed by atoms with E-state index in [1.807, 2.05) is 37.3 Å². The number of nitrogens with zero attached hydrogens (tertiary/aromatic N) is 4. The molecular weight excluding hydrogens is 433 g/mol. The minimum atomic E-state index is -0.324. The molecular formula is C26H30FN5S. The second-order valence-corrected chi connectivity index (χ2v) is 11.7. The van der Waals surface area contributed by atoms with Crippen LogP contribution in [0, 0.1) is 12.7 Å². The molecule has 0 aliphatic carbocycles. The summed E-state index contributed by atoms with van der Waals surface area (Å²) in [5.74, 6) is -0.324. The van der Waals surface area contributed by atoms with Gasteiger partial charge in [-0.15, -0.1) is 0 Å². The van der Waals surface area contributed by atoms with E-state index in [1.165, 1.54) is 41.2 Å². The van der Waals surface area contributed by atoms with Crippen LogP contribution in [0.5, 0.6) is 0 Å². The van der Waals surface area contributed by atoms with Crippen molar-refractivity contribution in [2.75, 3.05) is 7.05 Å². The van der Waals surface area contributed by atoms with Gasteiger partial charge in [0.15, 0.2) is 11.5 Å². The topological polar surface area (TPSA) is 45.5 Å². The van der Waals surface area contributed by atoms with E-state index in [2.05, 4.69) is 53.2 Å². The molecule has 5 nitrogen and oxygen atoms in total. The molecule has 2 bridgehead atoms. The van der Waals surface area contributed by atoms with E-state index < -0.39 is 0 Å². The van der Waals surface area contributed by atoms with E-state index in [-0.39, 0.29) is 16.9 Å². The van der Waals surface area contributed by atoms with Crippen molar-refractivity contribution in [1.29, 1.82) is 0 Å². The molecule has 3 aliphatic heterocycles. The van der Waals surface area contributed by atoms with E-state index in [0.29, 0.717) is 11.7 Å². The molecule has 6 rings (SSSR count). The smallest absolute Gasteiger partial charge is 0.173 e. The first-order valence-electron chi connectivity index (χ1n) is 11.7. The van der Waals surface area contributed by atoms with Crippen LogP contribution in [0.25, 0.3) is 16.9 Å². The molecule has 6 heterocycles. The monoisotopic (exact) mass is 463 g/mol. The lowest BCUT2D eigenvalue weighted by Crippen LogP contribution is -2.58. The number of thioether (sulfide) groups is 1. The van der Waals surface area contributed by atoms with Gasteiger partial charge >= 0.3 is 0 Å². The number of rotatable bonds is 3. The lowest BCUT2D eigenvalue weighted by atomic mass is 9.84. The molecule has 0 aromatic carbocycles. The van der Waals surface area contributed by atoms with Gasteiger partial charge in [0.1, 0.15) is 0 Å². The highest BCUT2D eigenvalue weighted by Gasteiger charge is 2.49. The van der Waals surface area contributed by atoms with Gasteiger partial charge in [-0.05, 0) is 76.6 Å². The Morgan fingerprint density at radius 2 is 1.94 bits per heavy atom. The van der Waals surface area contributed by atoms with E-state index in [4.69, 9.17) is 0 Å². The summed E-state index contributed by atoms with van der Waals surface area (Å²) in [4.78, 5) is 12.6. The third kappa shape index (κ3) is 3.66. The molecule has 0 saturated carbocycles. The Morgan fingerprint density at radius 3 is 2.70 bits per heavy atom. The van der Waals surface area contributed by atoms with Gasteiger partial charge in [0.2, 0.25) is 0 Å². The number of nitrogens with one attached hydrogen (secondary N) is 1. The number of pyridine rings is 2. The molecule has 172 valence electrons. The highest BCUT2D eigenvalue weighted by molar-refractivity contribution is 8.03. The van der Waals surface area contributed by atoms with E-state index in [0.717, 1.165) is 23.4 Å². The summed E-state index contributed by atoms with van der Waals surface area (Å²) in [6.07, 6.45) is 13.8. The van der Waals surface area contributed by atoms with Crippen LogP contribution in [0.3, 0.4) is 0 Å². The van der Waals surface area contributed by atoms with Crippen molar-refractivity contribution >= 4 is 17.4 Å². The van der Waals surface area contributed by atoms with Gasteiger partial charge in [-0.1, -0.05) is 11.8 Å². The first kappa shape index (κ1) is 21.2. The molecule has 2 atom stereocenters. The van der Waals surface area contributed by atoms with Crippen LogP contribution in [-0.4, -0.2) is 43.4 Å². The predicted molar refractivity (Wildman–Crippen MR) is 131 cm³/mol. The lowest BCUT2D eigenvalue weighted by molar-refractivity contribution is 0.135. The van der Waals surface area contributed by atoms with Crippen LogP contribution in [0.2, 0.25) is 0 Å². The molecule has 2 saturated heterocycles. The average Bonchev–Trinajstić information content (AvgIpc) is 3.27. The molecule has 3 aromatic heterocycles. The van der Waals surface area contributed by atoms with Crippen molar-refractivity contribution in [3.05, 3.63) is 58.9 Å². The minimum absolute atomic E-state index is 0.245. The van der Waals surface area contributed by atoms with E-state index in [9.17, 15) is 4.39 Å². The van der Waals surface area contributed by atoms with Crippen molar-refractivity contribution < 1.29 is 4.39 Å². The normalized spacial score (nSPS) is 28.6. The summed E-state index contributed by atoms with van der Waals surface area (Å²) in [5, 5.41) is 5.20. The fraction of sp³-hybridized carbons (Fsp3) is 0.462. The number of halogens is 1. The van der Waals surface area contributed by atoms with Crippen LogP contribution in [-0.2, 0) is 6.42 Å². The Morgan fingerprint density at radius 1 is 1.18 bits per heavy atom. The third-order valence-electron chi connectivity index (χ3n) is 7.68. The zero-order valence-corrected chi connectivity index (χ0v) is 20.5. The highest BCUT2D eigenvalue weighted by Crippen LogP contribution is 2.46. The standard InChI is InChI=1S/C26H30FN5S/c1-16-14-32-15-18(9-20(27)24(32)29-16)21-10-22-17(13-28-21)5-6-23(33-22)31(4)19-11-25(2)7-8-26(3,12-19)30-25/h6,9-10,13-15,19,30H,5,7-8,11-12H2,1-4H3. The highest BCUT2D eigenvalue weighted by atomic mass is 32.2. The minimum Gasteiger partial charge on any atom is -0.366 e. The number of fused-ring (bicyclic) bond motifs is 4. The Bertz CT molecular complexity index is 1280. The van der Waals surface area contributed by atoms with Crippen LogP contribution >= 0.6 is 11.8 Å². The number of allylic oxidation sites excluding steroid dienone is 1. The first-order chi connectivity index (χ1) is 15.7. The Hall–Kier alpha value is -2.38. The Labute approximate surface area is 198 Å². The molecule has 0 amide bonds. The number of aromatic nitrogens is 3. The Balaban J connectivity index is 1.27. The van der Waals surface area contributed by atoms with E-state index >= 15 is 0 Å². The van der Waals surface area contributed by atoms with Crippen LogP contribution < -0.4 is 5.32 Å². The number of aryl methyl sites for hydroxylation is 1. The van der Waals surface area contributed by atoms with Crippen molar-refractivity contribution in [3.8, 4) is 11.3 Å². The maximum absolute atomic E-state index is 14.7. The third-order valence-corrected chi connectivity index (χ3v) is 8.94. The van der Waals surface area contributed by atoms with Gasteiger partial charge in [-0.25, -0.2) is 9.37 Å². The van der Waals surface area contributed by atoms with Gasteiger partial charge < -0.3 is 14.6 Å². The predicted octanol–water partition coefficient (Wildman–Crippen LogP) is 5.33. The second-order valence-electron chi connectivity index (χ2n) is 10.6. The molecule has 33 heavy (non-hydrogen) atoms. The summed E-state index contributed by atoms with van der Waals surface area (Å²) in [6.45, 7) is 6.63. The zero-order valence-electron chi connectivity index (χ0n) is 19.7. The number of piperidine rings is 1. The van der Waals surface area contributed by atoms with Gasteiger partial charge in [-0.2, -0.15) is 0 Å². The second kappa shape index (κ2) is 7.31.